The molecule has 1 aliphatic carbocycles. The predicted molar refractivity (Wildman–Crippen MR) is 194 cm³/mol. The molecule has 1 saturated heterocycles. The predicted octanol–water partition coefficient (Wildman–Crippen LogP) is 6.08. The number of hydrogen-bond donors (Lipinski definition) is 4. The third-order valence-corrected chi connectivity index (χ3v) is 9.35. The summed E-state index contributed by atoms with van der Waals surface area (Å²) in [7, 11) is 0. The number of aliphatic hydroxyl groups is 4. The molecular formula is C41H46O10. The molecule has 51 heavy (non-hydrogen) atoms. The average molecular weight is 699 g/mol. The molecule has 1 aromatic heterocycles. The normalized spacial score (nSPS) is 24.5. The maximum atomic E-state index is 13.3. The summed E-state index contributed by atoms with van der Waals surface area (Å²) in [5.74, 6) is -0.0490. The van der Waals surface area contributed by atoms with E-state index in [9.17, 15) is 30.0 Å². The van der Waals surface area contributed by atoms with Crippen LogP contribution in [0.1, 0.15) is 53.9 Å². The lowest BCUT2D eigenvalue weighted by Gasteiger charge is -2.39. The van der Waals surface area contributed by atoms with Crippen molar-refractivity contribution < 1.29 is 43.8 Å². The largest absolute Gasteiger partial charge is 0.463 e. The van der Waals surface area contributed by atoms with Crippen molar-refractivity contribution in [3.05, 3.63) is 118 Å². The SMILES string of the molecule is CC1=C(/C=C/C(C)=C/C=C/C(C)=C/C(=O)Oc2ccc(-c3coc4cc(OC5O[C@H](CO)[C@@H](O)[C@H](O)[C@H]5O)ccc4c3=O)cc2)C(C)(C)CCC1. The number of hydrogen-bond acceptors (Lipinski definition) is 10. The van der Waals surface area contributed by atoms with E-state index in [1.54, 1.807) is 24.3 Å². The minimum Gasteiger partial charge on any atom is -0.463 e. The van der Waals surface area contributed by atoms with Crippen LogP contribution in [0.4, 0.5) is 0 Å². The van der Waals surface area contributed by atoms with E-state index < -0.39 is 43.3 Å². The number of benzene rings is 2. The fourth-order valence-corrected chi connectivity index (χ4v) is 6.39. The summed E-state index contributed by atoms with van der Waals surface area (Å²) in [4.78, 5) is 25.9. The Bertz CT molecular complexity index is 1940. The van der Waals surface area contributed by atoms with Crippen LogP contribution in [0.3, 0.4) is 0 Å². The van der Waals surface area contributed by atoms with Crippen molar-refractivity contribution in [3.8, 4) is 22.6 Å². The molecule has 3 aromatic rings. The standard InChI is InChI=1S/C41H46O10/c1-24(11-18-32-26(3)10-7-19-41(32,4)5)8-6-9-25(2)20-35(43)49-28-14-12-27(13-15-28)31-23-48-33-21-29(16-17-30(33)36(31)44)50-40-39(47)38(46)37(45)34(22-42)51-40/h6,8-9,11-18,20-21,23,34,37-40,42,45-47H,7,10,19,22H2,1-5H3/b9-6+,18-11+,24-8+,25-20+/t34-,37-,38+,39-,40?/m1/s1. The molecule has 5 atom stereocenters. The Labute approximate surface area is 297 Å². The molecule has 5 rings (SSSR count). The first-order chi connectivity index (χ1) is 24.3. The Morgan fingerprint density at radius 3 is 2.41 bits per heavy atom. The van der Waals surface area contributed by atoms with Crippen molar-refractivity contribution >= 4 is 16.9 Å². The van der Waals surface area contributed by atoms with E-state index in [0.717, 1.165) is 17.6 Å². The molecule has 0 spiro atoms. The lowest BCUT2D eigenvalue weighted by molar-refractivity contribution is -0.277. The molecule has 2 aliphatic rings. The maximum Gasteiger partial charge on any atom is 0.336 e. The molecule has 270 valence electrons. The van der Waals surface area contributed by atoms with Gasteiger partial charge in [0.15, 0.2) is 5.43 Å². The Kier molecular flexibility index (Phi) is 12.0. The Morgan fingerprint density at radius 1 is 0.980 bits per heavy atom. The molecule has 4 N–H and O–H groups in total. The van der Waals surface area contributed by atoms with Crippen LogP contribution in [0.2, 0.25) is 0 Å². The number of carbonyl (C=O) groups is 1. The number of allylic oxidation sites excluding steroid dienone is 9. The molecule has 0 amide bonds. The van der Waals surface area contributed by atoms with E-state index >= 15 is 0 Å². The number of aliphatic hydroxyl groups excluding tert-OH is 4. The second-order valence-electron chi connectivity index (χ2n) is 13.8. The van der Waals surface area contributed by atoms with Crippen molar-refractivity contribution in [2.45, 2.75) is 84.6 Å². The van der Waals surface area contributed by atoms with Gasteiger partial charge in [0.2, 0.25) is 6.29 Å². The summed E-state index contributed by atoms with van der Waals surface area (Å²) in [6.07, 6.45) is 9.23. The van der Waals surface area contributed by atoms with Crippen molar-refractivity contribution in [2.75, 3.05) is 6.61 Å². The van der Waals surface area contributed by atoms with E-state index in [4.69, 9.17) is 18.6 Å². The van der Waals surface area contributed by atoms with Gasteiger partial charge < -0.3 is 39.1 Å². The monoisotopic (exact) mass is 698 g/mol. The van der Waals surface area contributed by atoms with Gasteiger partial charge in [0.1, 0.15) is 47.8 Å². The van der Waals surface area contributed by atoms with Gasteiger partial charge >= 0.3 is 5.97 Å². The molecule has 0 radical (unpaired) electrons. The van der Waals surface area contributed by atoms with Crippen LogP contribution < -0.4 is 14.9 Å². The third-order valence-electron chi connectivity index (χ3n) is 9.35. The first-order valence-electron chi connectivity index (χ1n) is 17.0. The molecule has 1 unspecified atom stereocenters. The lowest BCUT2D eigenvalue weighted by Crippen LogP contribution is -2.60. The van der Waals surface area contributed by atoms with Crippen LogP contribution in [-0.4, -0.2) is 63.7 Å². The van der Waals surface area contributed by atoms with Crippen molar-refractivity contribution in [1.29, 1.82) is 0 Å². The first-order valence-corrected chi connectivity index (χ1v) is 17.0. The molecule has 10 nitrogen and oxygen atoms in total. The van der Waals surface area contributed by atoms with E-state index in [-0.39, 0.29) is 33.1 Å². The number of ether oxygens (including phenoxy) is 3. The van der Waals surface area contributed by atoms with E-state index in [1.807, 2.05) is 32.1 Å². The summed E-state index contributed by atoms with van der Waals surface area (Å²) >= 11 is 0. The van der Waals surface area contributed by atoms with Crippen LogP contribution in [0.5, 0.6) is 11.5 Å². The van der Waals surface area contributed by atoms with Crippen LogP contribution >= 0.6 is 0 Å². The van der Waals surface area contributed by atoms with Gasteiger partial charge in [0.25, 0.3) is 0 Å². The zero-order chi connectivity index (χ0) is 36.9. The quantitative estimate of drug-likeness (QED) is 0.0848. The lowest BCUT2D eigenvalue weighted by atomic mass is 9.72. The summed E-state index contributed by atoms with van der Waals surface area (Å²) < 4.78 is 22.2. The first kappa shape index (κ1) is 37.7. The molecule has 1 fully saturated rings. The number of esters is 1. The second-order valence-corrected chi connectivity index (χ2v) is 13.8. The van der Waals surface area contributed by atoms with E-state index in [0.29, 0.717) is 11.3 Å². The summed E-state index contributed by atoms with van der Waals surface area (Å²) in [6.45, 7) is 10.1. The molecule has 1 aliphatic heterocycles. The second kappa shape index (κ2) is 16.2. The molecular weight excluding hydrogens is 652 g/mol. The summed E-state index contributed by atoms with van der Waals surface area (Å²) in [5, 5.41) is 39.9. The minimum absolute atomic E-state index is 0.166. The molecule has 0 bridgehead atoms. The van der Waals surface area contributed by atoms with Gasteiger partial charge in [-0.3, -0.25) is 4.79 Å². The highest BCUT2D eigenvalue weighted by Crippen LogP contribution is 2.40. The topological polar surface area (TPSA) is 156 Å². The van der Waals surface area contributed by atoms with Gasteiger partial charge in [0.05, 0.1) is 17.6 Å². The van der Waals surface area contributed by atoms with Crippen LogP contribution in [-0.2, 0) is 9.53 Å². The zero-order valence-corrected chi connectivity index (χ0v) is 29.5. The van der Waals surface area contributed by atoms with Gasteiger partial charge in [-0.1, -0.05) is 67.5 Å². The Balaban J connectivity index is 1.19. The third kappa shape index (κ3) is 9.02. The minimum atomic E-state index is -1.59. The fourth-order valence-electron chi connectivity index (χ4n) is 6.39. The van der Waals surface area contributed by atoms with E-state index in [2.05, 4.69) is 32.9 Å². The van der Waals surface area contributed by atoms with Crippen molar-refractivity contribution in [2.24, 2.45) is 5.41 Å². The Morgan fingerprint density at radius 2 is 1.71 bits per heavy atom. The molecule has 2 aromatic carbocycles. The number of rotatable bonds is 10. The smallest absolute Gasteiger partial charge is 0.336 e. The van der Waals surface area contributed by atoms with Crippen LogP contribution in [0, 0.1) is 5.41 Å². The van der Waals surface area contributed by atoms with Crippen LogP contribution in [0.25, 0.3) is 22.1 Å². The van der Waals surface area contributed by atoms with Gasteiger partial charge in [-0.2, -0.15) is 0 Å². The van der Waals surface area contributed by atoms with E-state index in [1.165, 1.54) is 54.5 Å². The van der Waals surface area contributed by atoms with Crippen molar-refractivity contribution in [3.63, 3.8) is 0 Å². The van der Waals surface area contributed by atoms with Gasteiger partial charge in [0, 0.05) is 12.1 Å². The average Bonchev–Trinajstić information content (AvgIpc) is 3.08. The fraction of sp³-hybridized carbons (Fsp3) is 0.366. The Hall–Kier alpha value is -4.58. The maximum absolute atomic E-state index is 13.3. The van der Waals surface area contributed by atoms with Gasteiger partial charge in [-0.15, -0.1) is 0 Å². The van der Waals surface area contributed by atoms with Gasteiger partial charge in [-0.05, 0) is 86.4 Å². The summed E-state index contributed by atoms with van der Waals surface area (Å²) in [5.41, 5.74) is 5.63. The summed E-state index contributed by atoms with van der Waals surface area (Å²) in [6, 6.07) is 10.9. The molecule has 2 heterocycles. The number of fused-ring (bicyclic) bond motifs is 1. The highest BCUT2D eigenvalue weighted by Gasteiger charge is 2.44. The number of carbonyl (C=O) groups excluding carboxylic acids is 1. The molecule has 0 saturated carbocycles. The highest BCUT2D eigenvalue weighted by molar-refractivity contribution is 5.86. The highest BCUT2D eigenvalue weighted by atomic mass is 16.7. The van der Waals surface area contributed by atoms with Crippen LogP contribution in [0.15, 0.2) is 117 Å². The zero-order valence-electron chi connectivity index (χ0n) is 29.5. The molecule has 10 heteroatoms. The van der Waals surface area contributed by atoms with Gasteiger partial charge in [-0.25, -0.2) is 4.79 Å². The van der Waals surface area contributed by atoms with Crippen molar-refractivity contribution in [1.82, 2.24) is 0 Å².